The highest BCUT2D eigenvalue weighted by Gasteiger charge is 2.34. The van der Waals surface area contributed by atoms with Gasteiger partial charge >= 0.3 is 12.2 Å². The monoisotopic (exact) mass is 433 g/mol. The van der Waals surface area contributed by atoms with Crippen molar-refractivity contribution >= 4 is 30.7 Å². The molecule has 1 aliphatic heterocycles. The standard InChI is InChI=1S/C17H16FN7O4S/c18-14-6-12(23-9-13(29-17(23)28)10-25(30)16(26)27)2-3-15(14)24-8-11(20-21-24)7-22-5-1-4-19-22/h1-6,8,13,30H,7,9-10H2,(H,26,27). The molecule has 1 N–H and O–H groups in total. The Morgan fingerprint density at radius 3 is 2.97 bits per heavy atom. The Balaban J connectivity index is 1.48. The summed E-state index contributed by atoms with van der Waals surface area (Å²) in [6.07, 6.45) is 2.35. The van der Waals surface area contributed by atoms with Crippen LogP contribution in [0.3, 0.4) is 0 Å². The van der Waals surface area contributed by atoms with E-state index in [1.54, 1.807) is 35.4 Å². The van der Waals surface area contributed by atoms with Crippen molar-refractivity contribution in [1.29, 1.82) is 0 Å². The number of anilines is 1. The first-order chi connectivity index (χ1) is 14.4. The van der Waals surface area contributed by atoms with Crippen LogP contribution in [-0.2, 0) is 11.3 Å². The van der Waals surface area contributed by atoms with Gasteiger partial charge in [-0.25, -0.2) is 18.7 Å². The minimum absolute atomic E-state index is 0.0688. The first-order valence-corrected chi connectivity index (χ1v) is 9.17. The van der Waals surface area contributed by atoms with Gasteiger partial charge in [-0.1, -0.05) is 18.0 Å². The summed E-state index contributed by atoms with van der Waals surface area (Å²) in [4.78, 5) is 24.2. The molecule has 11 nitrogen and oxygen atoms in total. The van der Waals surface area contributed by atoms with E-state index >= 15 is 0 Å². The molecule has 3 aromatic rings. The number of hydrogen-bond acceptors (Lipinski definition) is 7. The van der Waals surface area contributed by atoms with Gasteiger partial charge in [-0.15, -0.1) is 5.10 Å². The van der Waals surface area contributed by atoms with E-state index in [1.165, 1.54) is 21.7 Å². The van der Waals surface area contributed by atoms with Gasteiger partial charge in [0.25, 0.3) is 0 Å². The van der Waals surface area contributed by atoms with Crippen LogP contribution in [-0.4, -0.2) is 65.6 Å². The van der Waals surface area contributed by atoms with Crippen molar-refractivity contribution in [2.24, 2.45) is 0 Å². The number of amides is 2. The van der Waals surface area contributed by atoms with Gasteiger partial charge in [-0.3, -0.25) is 13.9 Å². The van der Waals surface area contributed by atoms with Crippen molar-refractivity contribution in [3.8, 4) is 5.69 Å². The van der Waals surface area contributed by atoms with Crippen molar-refractivity contribution in [3.05, 3.63) is 54.4 Å². The van der Waals surface area contributed by atoms with E-state index in [2.05, 4.69) is 28.2 Å². The van der Waals surface area contributed by atoms with Gasteiger partial charge in [0, 0.05) is 12.4 Å². The lowest BCUT2D eigenvalue weighted by Crippen LogP contribution is -2.32. The average molecular weight is 433 g/mol. The molecule has 3 heterocycles. The third-order valence-corrected chi connectivity index (χ3v) is 4.72. The zero-order chi connectivity index (χ0) is 21.3. The van der Waals surface area contributed by atoms with Crippen LogP contribution >= 0.6 is 12.8 Å². The molecule has 2 aromatic heterocycles. The van der Waals surface area contributed by atoms with Crippen molar-refractivity contribution in [2.45, 2.75) is 12.6 Å². The molecular formula is C17H16FN7O4S. The molecule has 0 aliphatic carbocycles. The molecule has 2 amide bonds. The van der Waals surface area contributed by atoms with Gasteiger partial charge in [-0.05, 0) is 24.3 Å². The average Bonchev–Trinajstić information content (AvgIpc) is 3.44. The molecule has 1 fully saturated rings. The third kappa shape index (κ3) is 4.05. The molecule has 0 bridgehead atoms. The van der Waals surface area contributed by atoms with Gasteiger partial charge in [0.05, 0.1) is 31.5 Å². The Labute approximate surface area is 174 Å². The van der Waals surface area contributed by atoms with E-state index in [0.717, 1.165) is 4.31 Å². The fourth-order valence-electron chi connectivity index (χ4n) is 3.00. The van der Waals surface area contributed by atoms with E-state index in [0.29, 0.717) is 12.2 Å². The first kappa shape index (κ1) is 19.7. The second-order valence-corrected chi connectivity index (χ2v) is 6.96. The van der Waals surface area contributed by atoms with Crippen LogP contribution in [0.1, 0.15) is 5.69 Å². The van der Waals surface area contributed by atoms with E-state index in [9.17, 15) is 14.0 Å². The Hall–Kier alpha value is -3.61. The molecule has 1 aliphatic rings. The molecule has 0 saturated carbocycles. The molecule has 0 radical (unpaired) electrons. The number of carbonyl (C=O) groups excluding carboxylic acids is 1. The summed E-state index contributed by atoms with van der Waals surface area (Å²) in [5.41, 5.74) is 1.04. The smallest absolute Gasteiger partial charge is 0.417 e. The topological polar surface area (TPSA) is 119 Å². The van der Waals surface area contributed by atoms with Gasteiger partial charge in [0.15, 0.2) is 5.82 Å². The van der Waals surface area contributed by atoms with Gasteiger partial charge in [0.2, 0.25) is 0 Å². The summed E-state index contributed by atoms with van der Waals surface area (Å²) >= 11 is 3.79. The number of ether oxygens (including phenoxy) is 1. The summed E-state index contributed by atoms with van der Waals surface area (Å²) in [5, 5.41) is 20.9. The highest BCUT2D eigenvalue weighted by molar-refractivity contribution is 7.78. The number of halogens is 1. The summed E-state index contributed by atoms with van der Waals surface area (Å²) in [5.74, 6) is -0.611. The number of benzene rings is 1. The maximum atomic E-state index is 14.7. The van der Waals surface area contributed by atoms with Crippen molar-refractivity contribution in [2.75, 3.05) is 18.0 Å². The molecule has 156 valence electrons. The Morgan fingerprint density at radius 2 is 2.27 bits per heavy atom. The molecule has 4 rings (SSSR count). The molecule has 0 spiro atoms. The molecule has 30 heavy (non-hydrogen) atoms. The Kier molecular flexibility index (Phi) is 5.27. The van der Waals surface area contributed by atoms with Crippen LogP contribution in [0.25, 0.3) is 5.69 Å². The predicted octanol–water partition coefficient (Wildman–Crippen LogP) is 1.80. The number of aromatic nitrogens is 5. The van der Waals surface area contributed by atoms with Gasteiger partial charge < -0.3 is 9.84 Å². The number of cyclic esters (lactones) is 1. The number of carboxylic acid groups (broad SMARTS) is 1. The fraction of sp³-hybridized carbons (Fsp3) is 0.235. The van der Waals surface area contributed by atoms with Crippen LogP contribution < -0.4 is 4.90 Å². The number of rotatable bonds is 6. The number of carbonyl (C=O) groups is 2. The molecule has 13 heteroatoms. The maximum Gasteiger partial charge on any atom is 0.417 e. The number of thiol groups is 1. The summed E-state index contributed by atoms with van der Waals surface area (Å²) in [7, 11) is 0. The lowest BCUT2D eigenvalue weighted by atomic mass is 10.2. The zero-order valence-electron chi connectivity index (χ0n) is 15.4. The van der Waals surface area contributed by atoms with E-state index in [1.807, 2.05) is 0 Å². The van der Waals surface area contributed by atoms with Crippen molar-refractivity contribution in [1.82, 2.24) is 29.1 Å². The third-order valence-electron chi connectivity index (χ3n) is 4.39. The summed E-state index contributed by atoms with van der Waals surface area (Å²) in [6.45, 7) is 0.352. The largest absolute Gasteiger partial charge is 0.464 e. The second kappa shape index (κ2) is 8.02. The summed E-state index contributed by atoms with van der Waals surface area (Å²) in [6, 6.07) is 5.99. The predicted molar refractivity (Wildman–Crippen MR) is 104 cm³/mol. The number of hydrogen-bond donors (Lipinski definition) is 2. The lowest BCUT2D eigenvalue weighted by Gasteiger charge is -2.16. The van der Waals surface area contributed by atoms with Crippen LogP contribution in [0.15, 0.2) is 42.9 Å². The van der Waals surface area contributed by atoms with Gasteiger partial charge in [0.1, 0.15) is 17.5 Å². The fourth-order valence-corrected chi connectivity index (χ4v) is 3.18. The Morgan fingerprint density at radius 1 is 1.43 bits per heavy atom. The quantitative estimate of drug-likeness (QED) is 0.569. The van der Waals surface area contributed by atoms with Crippen LogP contribution in [0.2, 0.25) is 0 Å². The SMILES string of the molecule is O=C(O)N(S)CC1CN(c2ccc(-n3cc(Cn4cccn4)nn3)c(F)c2)C(=O)O1. The minimum atomic E-state index is -1.26. The summed E-state index contributed by atoms with van der Waals surface area (Å²) < 4.78 is 23.6. The van der Waals surface area contributed by atoms with Gasteiger partial charge in [-0.2, -0.15) is 5.10 Å². The van der Waals surface area contributed by atoms with Crippen molar-refractivity contribution < 1.29 is 23.8 Å². The molecule has 1 aromatic carbocycles. The van der Waals surface area contributed by atoms with Crippen LogP contribution in [0.5, 0.6) is 0 Å². The first-order valence-electron chi connectivity index (χ1n) is 8.77. The molecule has 1 unspecified atom stereocenters. The zero-order valence-corrected chi connectivity index (χ0v) is 16.3. The minimum Gasteiger partial charge on any atom is -0.464 e. The molecule has 1 saturated heterocycles. The van der Waals surface area contributed by atoms with E-state index < -0.39 is 24.1 Å². The maximum absolute atomic E-state index is 14.7. The van der Waals surface area contributed by atoms with E-state index in [-0.39, 0.29) is 24.5 Å². The second-order valence-electron chi connectivity index (χ2n) is 6.47. The van der Waals surface area contributed by atoms with E-state index in [4.69, 9.17) is 9.84 Å². The Bertz CT molecular complexity index is 1070. The normalized spacial score (nSPS) is 16.0. The lowest BCUT2D eigenvalue weighted by molar-refractivity contribution is 0.122. The molecule has 1 atom stereocenters. The highest BCUT2D eigenvalue weighted by Crippen LogP contribution is 2.26. The molecular weight excluding hydrogens is 417 g/mol. The van der Waals surface area contributed by atoms with Crippen molar-refractivity contribution in [3.63, 3.8) is 0 Å². The van der Waals surface area contributed by atoms with Crippen LogP contribution in [0.4, 0.5) is 19.7 Å². The number of nitrogens with zero attached hydrogens (tertiary/aromatic N) is 7. The highest BCUT2D eigenvalue weighted by atomic mass is 32.1. The van der Waals surface area contributed by atoms with Crippen LogP contribution in [0, 0.1) is 5.82 Å².